The molecule has 4 nitrogen and oxygen atoms in total. The molecule has 0 saturated carbocycles. The number of amides is 1. The summed E-state index contributed by atoms with van der Waals surface area (Å²) in [6.07, 6.45) is 5.36. The molecular formula is C15H16ClN3O. The van der Waals surface area contributed by atoms with E-state index in [2.05, 4.69) is 9.97 Å². The number of carbonyl (C=O) groups excluding carboxylic acids is 1. The fraction of sp³-hybridized carbons (Fsp3) is 0.267. The van der Waals surface area contributed by atoms with Crippen molar-refractivity contribution in [1.82, 2.24) is 9.97 Å². The van der Waals surface area contributed by atoms with E-state index in [-0.39, 0.29) is 5.91 Å². The van der Waals surface area contributed by atoms with E-state index in [4.69, 9.17) is 11.6 Å². The quantitative estimate of drug-likeness (QED) is 0.869. The van der Waals surface area contributed by atoms with Gasteiger partial charge < -0.3 is 0 Å². The molecule has 0 aliphatic rings. The molecular weight excluding hydrogens is 274 g/mol. The lowest BCUT2D eigenvalue weighted by molar-refractivity contribution is -0.118. The molecule has 0 aliphatic heterocycles. The van der Waals surface area contributed by atoms with E-state index in [1.165, 1.54) is 0 Å². The molecule has 20 heavy (non-hydrogen) atoms. The molecule has 2 aromatic rings. The van der Waals surface area contributed by atoms with Crippen molar-refractivity contribution in [1.29, 1.82) is 0 Å². The number of rotatable bonds is 4. The van der Waals surface area contributed by atoms with Gasteiger partial charge in [-0.05, 0) is 43.2 Å². The van der Waals surface area contributed by atoms with Crippen LogP contribution < -0.4 is 4.90 Å². The van der Waals surface area contributed by atoms with E-state index >= 15 is 0 Å². The standard InChI is InChI=1S/C15H16ClN3O/c1-3-19(14-9-13(16)5-7-18-14)15(20)8-12-10-17-6-4-11(12)2/h4-7,9-10H,3,8H2,1-2H3. The predicted molar refractivity (Wildman–Crippen MR) is 80.0 cm³/mol. The highest BCUT2D eigenvalue weighted by atomic mass is 35.5. The number of carbonyl (C=O) groups is 1. The Hall–Kier alpha value is -1.94. The van der Waals surface area contributed by atoms with Crippen LogP contribution in [0.2, 0.25) is 5.02 Å². The van der Waals surface area contributed by atoms with Crippen LogP contribution >= 0.6 is 11.6 Å². The molecule has 0 aromatic carbocycles. The lowest BCUT2D eigenvalue weighted by atomic mass is 10.1. The van der Waals surface area contributed by atoms with Gasteiger partial charge in [-0.25, -0.2) is 4.98 Å². The largest absolute Gasteiger partial charge is 0.297 e. The van der Waals surface area contributed by atoms with E-state index < -0.39 is 0 Å². The minimum absolute atomic E-state index is 0.0154. The van der Waals surface area contributed by atoms with Crippen LogP contribution in [0.3, 0.4) is 0 Å². The Bertz CT molecular complexity index is 616. The number of pyridine rings is 2. The second kappa shape index (κ2) is 6.48. The Labute approximate surface area is 123 Å². The van der Waals surface area contributed by atoms with Crippen LogP contribution in [-0.4, -0.2) is 22.4 Å². The Morgan fingerprint density at radius 2 is 2.15 bits per heavy atom. The average molecular weight is 290 g/mol. The summed E-state index contributed by atoms with van der Waals surface area (Å²) in [5, 5.41) is 0.568. The molecule has 0 saturated heterocycles. The van der Waals surface area contributed by atoms with Gasteiger partial charge in [0.25, 0.3) is 0 Å². The highest BCUT2D eigenvalue weighted by Crippen LogP contribution is 2.18. The summed E-state index contributed by atoms with van der Waals surface area (Å²) >= 11 is 5.95. The van der Waals surface area contributed by atoms with Crippen LogP contribution in [0.4, 0.5) is 5.82 Å². The van der Waals surface area contributed by atoms with Crippen LogP contribution in [0.5, 0.6) is 0 Å². The molecule has 0 atom stereocenters. The zero-order valence-corrected chi connectivity index (χ0v) is 12.3. The lowest BCUT2D eigenvalue weighted by Crippen LogP contribution is -2.32. The molecule has 0 bridgehead atoms. The molecule has 0 aliphatic carbocycles. The monoisotopic (exact) mass is 289 g/mol. The van der Waals surface area contributed by atoms with Gasteiger partial charge in [0.1, 0.15) is 5.82 Å². The number of nitrogens with zero attached hydrogens (tertiary/aromatic N) is 3. The summed E-state index contributed by atoms with van der Waals surface area (Å²) < 4.78 is 0. The summed E-state index contributed by atoms with van der Waals surface area (Å²) in [6, 6.07) is 5.28. The molecule has 5 heteroatoms. The van der Waals surface area contributed by atoms with Crippen molar-refractivity contribution in [3.8, 4) is 0 Å². The first-order valence-electron chi connectivity index (χ1n) is 6.43. The Kier molecular flexibility index (Phi) is 4.69. The number of anilines is 1. The Morgan fingerprint density at radius 1 is 1.35 bits per heavy atom. The third kappa shape index (κ3) is 3.33. The first-order chi connectivity index (χ1) is 9.61. The molecule has 2 heterocycles. The van der Waals surface area contributed by atoms with E-state index in [9.17, 15) is 4.79 Å². The molecule has 2 aromatic heterocycles. The number of hydrogen-bond donors (Lipinski definition) is 0. The van der Waals surface area contributed by atoms with Crippen molar-refractivity contribution in [2.75, 3.05) is 11.4 Å². The van der Waals surface area contributed by atoms with Crippen LogP contribution in [0.15, 0.2) is 36.8 Å². The lowest BCUT2D eigenvalue weighted by Gasteiger charge is -2.20. The number of aromatic nitrogens is 2. The Morgan fingerprint density at radius 3 is 2.80 bits per heavy atom. The normalized spacial score (nSPS) is 10.3. The number of likely N-dealkylation sites (N-methyl/N-ethyl adjacent to an activating group) is 1. The van der Waals surface area contributed by atoms with Crippen molar-refractivity contribution in [2.45, 2.75) is 20.3 Å². The molecule has 0 radical (unpaired) electrons. The molecule has 0 spiro atoms. The van der Waals surface area contributed by atoms with Crippen molar-refractivity contribution < 1.29 is 4.79 Å². The van der Waals surface area contributed by atoms with Crippen LogP contribution in [0.25, 0.3) is 0 Å². The maximum atomic E-state index is 12.4. The zero-order chi connectivity index (χ0) is 14.5. The van der Waals surface area contributed by atoms with Gasteiger partial charge in [-0.2, -0.15) is 0 Å². The highest BCUT2D eigenvalue weighted by molar-refractivity contribution is 6.30. The summed E-state index contributed by atoms with van der Waals surface area (Å²) in [7, 11) is 0. The molecule has 0 unspecified atom stereocenters. The summed E-state index contributed by atoms with van der Waals surface area (Å²) in [4.78, 5) is 22.3. The van der Waals surface area contributed by atoms with Gasteiger partial charge in [0.05, 0.1) is 6.42 Å². The van der Waals surface area contributed by atoms with Gasteiger partial charge in [0.15, 0.2) is 0 Å². The van der Waals surface area contributed by atoms with Gasteiger partial charge in [-0.15, -0.1) is 0 Å². The van der Waals surface area contributed by atoms with Crippen molar-refractivity contribution in [2.24, 2.45) is 0 Å². The molecule has 2 rings (SSSR count). The Balaban J connectivity index is 2.20. The minimum Gasteiger partial charge on any atom is -0.297 e. The smallest absolute Gasteiger partial charge is 0.232 e. The zero-order valence-electron chi connectivity index (χ0n) is 11.5. The van der Waals surface area contributed by atoms with E-state index in [1.54, 1.807) is 35.6 Å². The van der Waals surface area contributed by atoms with Crippen molar-refractivity contribution in [3.63, 3.8) is 0 Å². The van der Waals surface area contributed by atoms with Gasteiger partial charge in [-0.1, -0.05) is 11.6 Å². The number of hydrogen-bond acceptors (Lipinski definition) is 3. The van der Waals surface area contributed by atoms with Crippen LogP contribution in [0.1, 0.15) is 18.1 Å². The molecule has 0 N–H and O–H groups in total. The maximum absolute atomic E-state index is 12.4. The first kappa shape index (κ1) is 14.5. The number of halogens is 1. The SMILES string of the molecule is CCN(C(=O)Cc1cnccc1C)c1cc(Cl)ccn1. The summed E-state index contributed by atoms with van der Waals surface area (Å²) in [6.45, 7) is 4.43. The average Bonchev–Trinajstić information content (AvgIpc) is 2.42. The third-order valence-electron chi connectivity index (χ3n) is 3.09. The first-order valence-corrected chi connectivity index (χ1v) is 6.81. The third-order valence-corrected chi connectivity index (χ3v) is 3.33. The molecule has 1 amide bonds. The van der Waals surface area contributed by atoms with Crippen molar-refractivity contribution >= 4 is 23.3 Å². The maximum Gasteiger partial charge on any atom is 0.232 e. The predicted octanol–water partition coefficient (Wildman–Crippen LogP) is 3.03. The van der Waals surface area contributed by atoms with Gasteiger partial charge in [-0.3, -0.25) is 14.7 Å². The highest BCUT2D eigenvalue weighted by Gasteiger charge is 2.16. The van der Waals surface area contributed by atoms with Gasteiger partial charge in [0.2, 0.25) is 5.91 Å². The van der Waals surface area contributed by atoms with E-state index in [1.807, 2.05) is 19.9 Å². The second-order valence-corrected chi connectivity index (χ2v) is 4.89. The summed E-state index contributed by atoms with van der Waals surface area (Å²) in [5.41, 5.74) is 1.99. The topological polar surface area (TPSA) is 46.1 Å². The number of aryl methyl sites for hydroxylation is 1. The van der Waals surface area contributed by atoms with E-state index in [0.29, 0.717) is 23.8 Å². The fourth-order valence-electron chi connectivity index (χ4n) is 1.95. The van der Waals surface area contributed by atoms with Crippen molar-refractivity contribution in [3.05, 3.63) is 52.9 Å². The van der Waals surface area contributed by atoms with Crippen LogP contribution in [-0.2, 0) is 11.2 Å². The molecule has 104 valence electrons. The fourth-order valence-corrected chi connectivity index (χ4v) is 2.10. The van der Waals surface area contributed by atoms with Gasteiger partial charge in [0, 0.05) is 30.2 Å². The van der Waals surface area contributed by atoms with Gasteiger partial charge >= 0.3 is 0 Å². The second-order valence-electron chi connectivity index (χ2n) is 4.45. The summed E-state index contributed by atoms with van der Waals surface area (Å²) in [5.74, 6) is 0.560. The molecule has 0 fully saturated rings. The van der Waals surface area contributed by atoms with Crippen LogP contribution in [0, 0.1) is 6.92 Å². The van der Waals surface area contributed by atoms with E-state index in [0.717, 1.165) is 11.1 Å². The minimum atomic E-state index is -0.0154.